The van der Waals surface area contributed by atoms with Gasteiger partial charge in [0.25, 0.3) is 5.91 Å². The smallest absolute Gasteiger partial charge is 0.255 e. The SMILES string of the molecule is CC(C)c1nc(-c2ccc(CNC(=O)c3cccc4c3OCC4)cc2)c2c(N)ncnn12. The third-order valence-corrected chi connectivity index (χ3v) is 5.64. The van der Waals surface area contributed by atoms with E-state index in [2.05, 4.69) is 29.2 Å². The predicted molar refractivity (Wildman–Crippen MR) is 122 cm³/mol. The molecule has 32 heavy (non-hydrogen) atoms. The highest BCUT2D eigenvalue weighted by molar-refractivity contribution is 5.97. The van der Waals surface area contributed by atoms with Gasteiger partial charge in [-0.1, -0.05) is 50.2 Å². The molecule has 4 aromatic rings. The van der Waals surface area contributed by atoms with Crippen LogP contribution in [0.1, 0.15) is 47.1 Å². The van der Waals surface area contributed by atoms with Crippen LogP contribution in [0, 0.1) is 0 Å². The van der Waals surface area contributed by atoms with Gasteiger partial charge in [-0.2, -0.15) is 5.10 Å². The summed E-state index contributed by atoms with van der Waals surface area (Å²) in [6, 6.07) is 13.6. The fourth-order valence-corrected chi connectivity index (χ4v) is 4.00. The first-order valence-corrected chi connectivity index (χ1v) is 10.6. The van der Waals surface area contributed by atoms with E-state index in [4.69, 9.17) is 15.5 Å². The van der Waals surface area contributed by atoms with Crippen molar-refractivity contribution >= 4 is 17.2 Å². The van der Waals surface area contributed by atoms with E-state index in [0.29, 0.717) is 35.8 Å². The Morgan fingerprint density at radius 3 is 2.81 bits per heavy atom. The van der Waals surface area contributed by atoms with Crippen LogP contribution in [0.3, 0.4) is 0 Å². The van der Waals surface area contributed by atoms with Crippen molar-refractivity contribution in [3.8, 4) is 17.0 Å². The maximum absolute atomic E-state index is 12.7. The van der Waals surface area contributed by atoms with E-state index in [-0.39, 0.29) is 11.8 Å². The number of hydrogen-bond donors (Lipinski definition) is 2. The predicted octanol–water partition coefficient (Wildman–Crippen LogP) is 3.36. The molecule has 162 valence electrons. The van der Waals surface area contributed by atoms with Gasteiger partial charge in [0.05, 0.1) is 12.2 Å². The monoisotopic (exact) mass is 428 g/mol. The molecular weight excluding hydrogens is 404 g/mol. The molecule has 2 aromatic heterocycles. The summed E-state index contributed by atoms with van der Waals surface area (Å²) in [5, 5.41) is 7.32. The summed E-state index contributed by atoms with van der Waals surface area (Å²) in [5.41, 5.74) is 11.2. The van der Waals surface area contributed by atoms with Crippen LogP contribution in [-0.2, 0) is 13.0 Å². The number of fused-ring (bicyclic) bond motifs is 2. The number of nitrogens with two attached hydrogens (primary N) is 1. The van der Waals surface area contributed by atoms with E-state index in [1.54, 1.807) is 10.6 Å². The molecule has 3 N–H and O–H groups in total. The van der Waals surface area contributed by atoms with E-state index >= 15 is 0 Å². The summed E-state index contributed by atoms with van der Waals surface area (Å²) in [7, 11) is 0. The number of anilines is 1. The first-order chi connectivity index (χ1) is 15.5. The number of amides is 1. The van der Waals surface area contributed by atoms with Gasteiger partial charge in [-0.05, 0) is 17.2 Å². The summed E-state index contributed by atoms with van der Waals surface area (Å²) >= 11 is 0. The van der Waals surface area contributed by atoms with Gasteiger partial charge < -0.3 is 15.8 Å². The lowest BCUT2D eigenvalue weighted by Crippen LogP contribution is -2.23. The molecule has 0 unspecified atom stereocenters. The number of ether oxygens (including phenoxy) is 1. The van der Waals surface area contributed by atoms with Crippen LogP contribution >= 0.6 is 0 Å². The van der Waals surface area contributed by atoms with Crippen molar-refractivity contribution in [2.24, 2.45) is 0 Å². The molecule has 0 fully saturated rings. The molecule has 8 heteroatoms. The lowest BCUT2D eigenvalue weighted by molar-refractivity contribution is 0.0947. The second kappa shape index (κ2) is 7.96. The van der Waals surface area contributed by atoms with Gasteiger partial charge in [0.2, 0.25) is 0 Å². The standard InChI is InChI=1S/C24H24N6O2/c1-14(2)23-29-19(20-22(25)27-13-28-30(20)23)16-8-6-15(7-9-16)12-26-24(31)18-5-3-4-17-10-11-32-21(17)18/h3-9,13-14H,10-12H2,1-2H3,(H,26,31)(H2,25,27,28). The lowest BCUT2D eigenvalue weighted by atomic mass is 10.1. The Balaban J connectivity index is 1.37. The fourth-order valence-electron chi connectivity index (χ4n) is 4.00. The van der Waals surface area contributed by atoms with Gasteiger partial charge in [0, 0.05) is 24.4 Å². The average molecular weight is 428 g/mol. The third-order valence-electron chi connectivity index (χ3n) is 5.64. The zero-order valence-corrected chi connectivity index (χ0v) is 18.0. The molecule has 0 atom stereocenters. The average Bonchev–Trinajstić information content (AvgIpc) is 3.43. The molecule has 2 aromatic carbocycles. The number of carbonyl (C=O) groups is 1. The molecule has 0 saturated carbocycles. The minimum Gasteiger partial charge on any atom is -0.492 e. The van der Waals surface area contributed by atoms with Crippen LogP contribution in [0.5, 0.6) is 5.75 Å². The van der Waals surface area contributed by atoms with Crippen molar-refractivity contribution in [1.29, 1.82) is 0 Å². The van der Waals surface area contributed by atoms with E-state index < -0.39 is 0 Å². The number of para-hydroxylation sites is 1. The van der Waals surface area contributed by atoms with Crippen LogP contribution in [0.4, 0.5) is 5.82 Å². The molecule has 0 saturated heterocycles. The molecule has 3 heterocycles. The summed E-state index contributed by atoms with van der Waals surface area (Å²) < 4.78 is 7.40. The van der Waals surface area contributed by atoms with Gasteiger partial charge in [0.1, 0.15) is 29.1 Å². The summed E-state index contributed by atoms with van der Waals surface area (Å²) in [4.78, 5) is 21.6. The topological polar surface area (TPSA) is 107 Å². The number of aromatic nitrogens is 4. The van der Waals surface area contributed by atoms with E-state index in [1.165, 1.54) is 6.33 Å². The van der Waals surface area contributed by atoms with E-state index in [9.17, 15) is 4.79 Å². The van der Waals surface area contributed by atoms with Gasteiger partial charge >= 0.3 is 0 Å². The van der Waals surface area contributed by atoms with E-state index in [1.807, 2.05) is 36.4 Å². The first-order valence-electron chi connectivity index (χ1n) is 10.6. The number of benzene rings is 2. The Kier molecular flexibility index (Phi) is 4.97. The summed E-state index contributed by atoms with van der Waals surface area (Å²) in [5.74, 6) is 1.97. The number of hydrogen-bond acceptors (Lipinski definition) is 6. The second-order valence-corrected chi connectivity index (χ2v) is 8.15. The van der Waals surface area contributed by atoms with Crippen LogP contribution in [0.15, 0.2) is 48.8 Å². The van der Waals surface area contributed by atoms with Crippen molar-refractivity contribution in [2.75, 3.05) is 12.3 Å². The zero-order chi connectivity index (χ0) is 22.2. The molecule has 8 nitrogen and oxygen atoms in total. The second-order valence-electron chi connectivity index (χ2n) is 8.15. The Hall–Kier alpha value is -3.94. The maximum atomic E-state index is 12.7. The molecule has 0 spiro atoms. The number of nitrogens with one attached hydrogen (secondary N) is 1. The van der Waals surface area contributed by atoms with Gasteiger partial charge in [-0.25, -0.2) is 14.5 Å². The Labute approximate surface area is 185 Å². The van der Waals surface area contributed by atoms with Gasteiger partial charge in [-0.15, -0.1) is 0 Å². The number of nitrogens with zero attached hydrogens (tertiary/aromatic N) is 4. The van der Waals surface area contributed by atoms with Crippen molar-refractivity contribution < 1.29 is 9.53 Å². The van der Waals surface area contributed by atoms with Crippen LogP contribution < -0.4 is 15.8 Å². The largest absolute Gasteiger partial charge is 0.492 e. The summed E-state index contributed by atoms with van der Waals surface area (Å²) in [6.45, 7) is 5.17. The van der Waals surface area contributed by atoms with E-state index in [0.717, 1.165) is 34.6 Å². The van der Waals surface area contributed by atoms with Crippen LogP contribution in [0.2, 0.25) is 0 Å². The van der Waals surface area contributed by atoms with Gasteiger partial charge in [-0.3, -0.25) is 4.79 Å². The maximum Gasteiger partial charge on any atom is 0.255 e. The molecule has 0 radical (unpaired) electrons. The fraction of sp³-hybridized carbons (Fsp3) is 0.250. The van der Waals surface area contributed by atoms with Crippen molar-refractivity contribution in [3.63, 3.8) is 0 Å². The Morgan fingerprint density at radius 1 is 1.22 bits per heavy atom. The number of rotatable bonds is 5. The van der Waals surface area contributed by atoms with Crippen molar-refractivity contribution in [2.45, 2.75) is 32.7 Å². The molecule has 0 aliphatic carbocycles. The minimum atomic E-state index is -0.139. The molecule has 1 amide bonds. The van der Waals surface area contributed by atoms with Gasteiger partial charge in [0.15, 0.2) is 5.82 Å². The highest BCUT2D eigenvalue weighted by Gasteiger charge is 2.21. The summed E-state index contributed by atoms with van der Waals surface area (Å²) in [6.07, 6.45) is 2.29. The molecule has 5 rings (SSSR count). The molecule has 0 bridgehead atoms. The number of nitrogen functional groups attached to an aromatic ring is 1. The Morgan fingerprint density at radius 2 is 2.03 bits per heavy atom. The Bertz CT molecular complexity index is 1310. The molecule has 1 aliphatic rings. The molecule has 1 aliphatic heterocycles. The number of carbonyl (C=O) groups excluding carboxylic acids is 1. The quantitative estimate of drug-likeness (QED) is 0.505. The highest BCUT2D eigenvalue weighted by atomic mass is 16.5. The number of imidazole rings is 1. The third kappa shape index (κ3) is 3.43. The van der Waals surface area contributed by atoms with Crippen LogP contribution in [0.25, 0.3) is 16.8 Å². The lowest BCUT2D eigenvalue weighted by Gasteiger charge is -2.09. The normalized spacial score (nSPS) is 12.7. The van der Waals surface area contributed by atoms with Crippen LogP contribution in [-0.4, -0.2) is 32.1 Å². The van der Waals surface area contributed by atoms with Crippen molar-refractivity contribution in [1.82, 2.24) is 24.9 Å². The molecular formula is C24H24N6O2. The van der Waals surface area contributed by atoms with Crippen molar-refractivity contribution in [3.05, 3.63) is 71.3 Å². The zero-order valence-electron chi connectivity index (χ0n) is 18.0. The minimum absolute atomic E-state index is 0.139. The first kappa shape index (κ1) is 20.0. The highest BCUT2D eigenvalue weighted by Crippen LogP contribution is 2.31.